The van der Waals surface area contributed by atoms with Crippen molar-refractivity contribution in [2.24, 2.45) is 5.92 Å². The molecule has 11 heteroatoms. The number of alkyl halides is 3. The Balaban J connectivity index is 1.75. The molecule has 188 valence electrons. The highest BCUT2D eigenvalue weighted by atomic mass is 35.5. The van der Waals surface area contributed by atoms with Crippen molar-refractivity contribution in [3.63, 3.8) is 0 Å². The summed E-state index contributed by atoms with van der Waals surface area (Å²) >= 11 is 5.90. The summed E-state index contributed by atoms with van der Waals surface area (Å²) in [7, 11) is 0. The molecule has 0 bridgehead atoms. The average Bonchev–Trinajstić information content (AvgIpc) is 2.82. The van der Waals surface area contributed by atoms with Gasteiger partial charge in [-0.15, -0.1) is 0 Å². The van der Waals surface area contributed by atoms with Crippen molar-refractivity contribution in [2.75, 3.05) is 11.9 Å². The van der Waals surface area contributed by atoms with Gasteiger partial charge in [0.05, 0.1) is 17.1 Å². The molecule has 0 saturated carbocycles. The number of benzene rings is 2. The number of carbonyl (C=O) groups excluding carboxylic acids is 2. The van der Waals surface area contributed by atoms with Gasteiger partial charge in [0.2, 0.25) is 5.91 Å². The van der Waals surface area contributed by atoms with Gasteiger partial charge in [-0.1, -0.05) is 17.7 Å². The number of amides is 1. The van der Waals surface area contributed by atoms with E-state index in [1.165, 1.54) is 43.3 Å². The fourth-order valence-electron chi connectivity index (χ4n) is 3.94. The summed E-state index contributed by atoms with van der Waals surface area (Å²) in [5.41, 5.74) is -0.195. The number of hydrogen-bond donors (Lipinski definition) is 1. The van der Waals surface area contributed by atoms with Gasteiger partial charge in [0, 0.05) is 28.4 Å². The molecule has 0 fully saturated rings. The third-order valence-corrected chi connectivity index (χ3v) is 6.27. The van der Waals surface area contributed by atoms with E-state index in [9.17, 15) is 27.6 Å². The molecule has 2 heterocycles. The third-order valence-electron chi connectivity index (χ3n) is 5.97. The molecule has 1 aromatic heterocycles. The molecular formula is C25H19ClF4N2O4. The molecule has 1 N–H and O–H groups in total. The Hall–Kier alpha value is -3.66. The summed E-state index contributed by atoms with van der Waals surface area (Å²) in [6, 6.07) is 8.36. The Bertz CT molecular complexity index is 1390. The van der Waals surface area contributed by atoms with Gasteiger partial charge in [0.15, 0.2) is 0 Å². The quantitative estimate of drug-likeness (QED) is 0.366. The van der Waals surface area contributed by atoms with E-state index in [-0.39, 0.29) is 27.5 Å². The van der Waals surface area contributed by atoms with Crippen LogP contribution in [0.15, 0.2) is 53.5 Å². The standard InChI is InChI=1S/C25H19ClF4N2O4/c1-13(24(35)31-17-5-2-14(11-33)3-6-17)32-10-20-18(9-21(32)34)22-15(4-7-19(26)23(22)27)8-16(12-36-20)25(28,29)30/h2-7,9-11,13,16H,8,12H2,1H3,(H,31,35). The minimum absolute atomic E-state index is 0.0329. The number of rotatable bonds is 4. The van der Waals surface area contributed by atoms with E-state index >= 15 is 4.39 Å². The Labute approximate surface area is 207 Å². The van der Waals surface area contributed by atoms with Gasteiger partial charge in [0.25, 0.3) is 5.56 Å². The predicted molar refractivity (Wildman–Crippen MR) is 125 cm³/mol. The fraction of sp³-hybridized carbons (Fsp3) is 0.240. The van der Waals surface area contributed by atoms with Gasteiger partial charge < -0.3 is 10.1 Å². The maximum absolute atomic E-state index is 15.1. The third kappa shape index (κ3) is 4.99. The number of anilines is 1. The van der Waals surface area contributed by atoms with E-state index in [0.29, 0.717) is 17.5 Å². The van der Waals surface area contributed by atoms with E-state index in [2.05, 4.69) is 5.32 Å². The van der Waals surface area contributed by atoms with Crippen LogP contribution < -0.4 is 15.6 Å². The normalized spacial score (nSPS) is 16.0. The summed E-state index contributed by atoms with van der Waals surface area (Å²) in [5, 5.41) is 2.28. The zero-order valence-corrected chi connectivity index (χ0v) is 19.5. The lowest BCUT2D eigenvalue weighted by Crippen LogP contribution is -2.34. The number of nitrogens with one attached hydrogen (secondary N) is 1. The van der Waals surface area contributed by atoms with Crippen molar-refractivity contribution in [1.29, 1.82) is 0 Å². The molecule has 2 atom stereocenters. The molecular weight excluding hydrogens is 504 g/mol. The van der Waals surface area contributed by atoms with Gasteiger partial charge in [0.1, 0.15) is 30.5 Å². The second kappa shape index (κ2) is 9.77. The zero-order valence-electron chi connectivity index (χ0n) is 18.7. The monoisotopic (exact) mass is 522 g/mol. The van der Waals surface area contributed by atoms with Crippen LogP contribution in [0.25, 0.3) is 11.1 Å². The van der Waals surface area contributed by atoms with Gasteiger partial charge in [-0.05, 0) is 49.2 Å². The van der Waals surface area contributed by atoms with Crippen LogP contribution in [-0.2, 0) is 11.2 Å². The lowest BCUT2D eigenvalue weighted by atomic mass is 9.90. The molecule has 1 aliphatic heterocycles. The molecule has 0 radical (unpaired) electrons. The maximum Gasteiger partial charge on any atom is 0.395 e. The van der Waals surface area contributed by atoms with E-state index < -0.39 is 48.4 Å². The van der Waals surface area contributed by atoms with Crippen LogP contribution in [0.4, 0.5) is 23.2 Å². The van der Waals surface area contributed by atoms with E-state index in [0.717, 1.165) is 16.8 Å². The van der Waals surface area contributed by atoms with Gasteiger partial charge in [-0.25, -0.2) is 4.39 Å². The molecule has 6 nitrogen and oxygen atoms in total. The number of fused-ring (bicyclic) bond motifs is 3. The maximum atomic E-state index is 15.1. The number of hydrogen-bond acceptors (Lipinski definition) is 4. The van der Waals surface area contributed by atoms with Crippen LogP contribution in [0.2, 0.25) is 5.02 Å². The highest BCUT2D eigenvalue weighted by Crippen LogP contribution is 2.41. The molecule has 0 saturated heterocycles. The SMILES string of the molecule is CC(C(=O)Nc1ccc(C=O)cc1)n1cc2c(cc1=O)-c1c(ccc(Cl)c1F)CC(C(F)(F)F)CO2. The smallest absolute Gasteiger partial charge is 0.395 e. The number of halogens is 5. The molecule has 1 amide bonds. The first-order valence-corrected chi connectivity index (χ1v) is 11.2. The molecule has 0 aliphatic carbocycles. The van der Waals surface area contributed by atoms with Crippen LogP contribution in [-0.4, -0.2) is 29.5 Å². The van der Waals surface area contributed by atoms with Crippen molar-refractivity contribution in [3.05, 3.63) is 81.0 Å². The average molecular weight is 523 g/mol. The molecule has 36 heavy (non-hydrogen) atoms. The first-order chi connectivity index (χ1) is 17.0. The summed E-state index contributed by atoms with van der Waals surface area (Å²) in [4.78, 5) is 36.5. The number of ether oxygens (including phenoxy) is 1. The predicted octanol–water partition coefficient (Wildman–Crippen LogP) is 5.43. The molecule has 2 unspecified atom stereocenters. The van der Waals surface area contributed by atoms with Crippen LogP contribution in [0, 0.1) is 11.7 Å². The number of carbonyl (C=O) groups is 2. The van der Waals surface area contributed by atoms with Crippen molar-refractivity contribution in [1.82, 2.24) is 4.57 Å². The zero-order chi connectivity index (χ0) is 26.2. The summed E-state index contributed by atoms with van der Waals surface area (Å²) < 4.78 is 62.3. The van der Waals surface area contributed by atoms with Crippen LogP contribution in [0.3, 0.4) is 0 Å². The molecule has 3 aromatic rings. The molecule has 0 spiro atoms. The number of aromatic nitrogens is 1. The summed E-state index contributed by atoms with van der Waals surface area (Å²) in [6.45, 7) is 0.651. The number of nitrogens with zero attached hydrogens (tertiary/aromatic N) is 1. The fourth-order valence-corrected chi connectivity index (χ4v) is 4.09. The first-order valence-electron chi connectivity index (χ1n) is 10.8. The highest BCUT2D eigenvalue weighted by Gasteiger charge is 2.42. The minimum Gasteiger partial charge on any atom is -0.491 e. The highest BCUT2D eigenvalue weighted by molar-refractivity contribution is 6.31. The Morgan fingerprint density at radius 2 is 1.92 bits per heavy atom. The summed E-state index contributed by atoms with van der Waals surface area (Å²) in [5.74, 6) is -3.70. The lowest BCUT2D eigenvalue weighted by Gasteiger charge is -2.27. The van der Waals surface area contributed by atoms with Crippen LogP contribution >= 0.6 is 11.6 Å². The molecule has 1 aliphatic rings. The van der Waals surface area contributed by atoms with Gasteiger partial charge >= 0.3 is 6.18 Å². The van der Waals surface area contributed by atoms with Crippen molar-refractivity contribution in [3.8, 4) is 16.9 Å². The van der Waals surface area contributed by atoms with Crippen molar-refractivity contribution < 1.29 is 31.9 Å². The molecule has 4 rings (SSSR count). The minimum atomic E-state index is -4.62. The van der Waals surface area contributed by atoms with Crippen molar-refractivity contribution in [2.45, 2.75) is 25.6 Å². The van der Waals surface area contributed by atoms with E-state index in [1.807, 2.05) is 0 Å². The van der Waals surface area contributed by atoms with E-state index in [4.69, 9.17) is 16.3 Å². The second-order valence-electron chi connectivity index (χ2n) is 8.35. The van der Waals surface area contributed by atoms with Gasteiger partial charge in [-0.2, -0.15) is 13.2 Å². The van der Waals surface area contributed by atoms with Gasteiger partial charge in [-0.3, -0.25) is 19.0 Å². The largest absolute Gasteiger partial charge is 0.491 e. The number of pyridine rings is 1. The second-order valence-corrected chi connectivity index (χ2v) is 8.76. The van der Waals surface area contributed by atoms with Crippen molar-refractivity contribution >= 4 is 29.5 Å². The first kappa shape index (κ1) is 25.4. The number of aldehydes is 1. The van der Waals surface area contributed by atoms with E-state index in [1.54, 1.807) is 0 Å². The molecule has 2 aromatic carbocycles. The lowest BCUT2D eigenvalue weighted by molar-refractivity contribution is -0.181. The Kier molecular flexibility index (Phi) is 6.90. The Morgan fingerprint density at radius 3 is 2.56 bits per heavy atom. The topological polar surface area (TPSA) is 77.4 Å². The van der Waals surface area contributed by atoms with Crippen LogP contribution in [0.5, 0.6) is 5.75 Å². The summed E-state index contributed by atoms with van der Waals surface area (Å²) in [6.07, 6.45) is -3.44. The van der Waals surface area contributed by atoms with Crippen LogP contribution in [0.1, 0.15) is 28.9 Å². The Morgan fingerprint density at radius 1 is 1.22 bits per heavy atom.